The number of hydrogen-bond acceptors (Lipinski definition) is 6. The highest BCUT2D eigenvalue weighted by Gasteiger charge is 2.34. The maximum Gasteiger partial charge on any atom is 0.338 e. The summed E-state index contributed by atoms with van der Waals surface area (Å²) in [6.07, 6.45) is 0. The zero-order valence-electron chi connectivity index (χ0n) is 19.6. The summed E-state index contributed by atoms with van der Waals surface area (Å²) in [5.74, 6) is 0.159. The maximum absolute atomic E-state index is 12.8. The first kappa shape index (κ1) is 23.9. The van der Waals surface area contributed by atoms with Crippen LogP contribution in [0.2, 0.25) is 5.02 Å². The van der Waals surface area contributed by atoms with Crippen molar-refractivity contribution in [3.63, 3.8) is 0 Å². The van der Waals surface area contributed by atoms with Crippen molar-refractivity contribution in [2.24, 2.45) is 0 Å². The van der Waals surface area contributed by atoms with Crippen LogP contribution >= 0.6 is 11.6 Å². The standard InChI is InChI=1S/C25H29ClN4O4/c1-16-7-8-18(26)14-21(16)30-11-9-29(10-12-30)15-20-22(24(31)34-3)23(28-25(32)27-20)17-5-4-6-19(13-17)33-2/h4-8,13-14,23H,9-12,15H2,1-3H3,(H2,27,28,32)/t23-/m1/s1. The number of carbonyl (C=O) groups is 2. The van der Waals surface area contributed by atoms with Gasteiger partial charge in [0.2, 0.25) is 0 Å². The van der Waals surface area contributed by atoms with Gasteiger partial charge in [0.15, 0.2) is 0 Å². The number of ether oxygens (including phenoxy) is 2. The lowest BCUT2D eigenvalue weighted by Crippen LogP contribution is -2.51. The molecule has 0 spiro atoms. The summed E-state index contributed by atoms with van der Waals surface area (Å²) in [6, 6.07) is 12.2. The molecule has 8 nitrogen and oxygen atoms in total. The van der Waals surface area contributed by atoms with E-state index in [1.807, 2.05) is 42.5 Å². The molecular formula is C25H29ClN4O4. The van der Waals surface area contributed by atoms with Crippen LogP contribution in [0.15, 0.2) is 53.7 Å². The zero-order chi connectivity index (χ0) is 24.2. The molecule has 0 bridgehead atoms. The molecule has 2 aliphatic heterocycles. The van der Waals surface area contributed by atoms with Crippen LogP contribution < -0.4 is 20.3 Å². The summed E-state index contributed by atoms with van der Waals surface area (Å²) in [5.41, 5.74) is 4.00. The van der Waals surface area contributed by atoms with Crippen LogP contribution in [-0.2, 0) is 9.53 Å². The minimum atomic E-state index is -0.637. The molecule has 1 saturated heterocycles. The van der Waals surface area contributed by atoms with Crippen molar-refractivity contribution >= 4 is 29.3 Å². The lowest BCUT2D eigenvalue weighted by Gasteiger charge is -2.38. The number of anilines is 1. The van der Waals surface area contributed by atoms with E-state index in [0.29, 0.717) is 23.6 Å². The van der Waals surface area contributed by atoms with Crippen LogP contribution in [0.4, 0.5) is 10.5 Å². The van der Waals surface area contributed by atoms with Crippen molar-refractivity contribution in [3.05, 3.63) is 69.9 Å². The second kappa shape index (κ2) is 10.4. The molecule has 2 aromatic rings. The molecule has 0 aliphatic carbocycles. The Labute approximate surface area is 204 Å². The summed E-state index contributed by atoms with van der Waals surface area (Å²) in [5, 5.41) is 6.41. The van der Waals surface area contributed by atoms with Gasteiger partial charge >= 0.3 is 12.0 Å². The number of nitrogens with one attached hydrogen (secondary N) is 2. The smallest absolute Gasteiger partial charge is 0.338 e. The first-order valence-electron chi connectivity index (χ1n) is 11.2. The molecule has 0 aromatic heterocycles. The molecule has 180 valence electrons. The summed E-state index contributed by atoms with van der Waals surface area (Å²) < 4.78 is 10.4. The van der Waals surface area contributed by atoms with Crippen LogP contribution in [0, 0.1) is 6.92 Å². The van der Waals surface area contributed by atoms with E-state index in [9.17, 15) is 9.59 Å². The molecular weight excluding hydrogens is 456 g/mol. The molecule has 0 radical (unpaired) electrons. The average molecular weight is 485 g/mol. The van der Waals surface area contributed by atoms with Gasteiger partial charge in [-0.05, 0) is 42.3 Å². The molecule has 2 aromatic carbocycles. The minimum absolute atomic E-state index is 0.358. The Hall–Kier alpha value is -3.23. The van der Waals surface area contributed by atoms with E-state index in [2.05, 4.69) is 27.4 Å². The van der Waals surface area contributed by atoms with Crippen molar-refractivity contribution in [1.82, 2.24) is 15.5 Å². The molecule has 9 heteroatoms. The topological polar surface area (TPSA) is 83.1 Å². The van der Waals surface area contributed by atoms with Gasteiger partial charge in [0, 0.05) is 49.1 Å². The predicted octanol–water partition coefficient (Wildman–Crippen LogP) is 3.26. The van der Waals surface area contributed by atoms with Gasteiger partial charge in [0.1, 0.15) is 5.75 Å². The summed E-state index contributed by atoms with van der Waals surface area (Å²) in [7, 11) is 2.92. The molecule has 2 amide bonds. The van der Waals surface area contributed by atoms with Crippen LogP contribution in [0.3, 0.4) is 0 Å². The van der Waals surface area contributed by atoms with Crippen molar-refractivity contribution in [3.8, 4) is 5.75 Å². The number of carbonyl (C=O) groups excluding carboxylic acids is 2. The number of nitrogens with zero attached hydrogens (tertiary/aromatic N) is 2. The number of rotatable bonds is 6. The predicted molar refractivity (Wildman–Crippen MR) is 131 cm³/mol. The van der Waals surface area contributed by atoms with Crippen LogP contribution in [0.25, 0.3) is 0 Å². The normalized spacial score (nSPS) is 18.9. The lowest BCUT2D eigenvalue weighted by atomic mass is 9.94. The van der Waals surface area contributed by atoms with Crippen molar-refractivity contribution in [1.29, 1.82) is 0 Å². The third kappa shape index (κ3) is 5.13. The number of amides is 2. The number of esters is 1. The number of hydrogen-bond donors (Lipinski definition) is 2. The Kier molecular flexibility index (Phi) is 7.29. The molecule has 4 rings (SSSR count). The Balaban J connectivity index is 1.56. The van der Waals surface area contributed by atoms with Crippen molar-refractivity contribution in [2.75, 3.05) is 51.8 Å². The highest BCUT2D eigenvalue weighted by atomic mass is 35.5. The second-order valence-electron chi connectivity index (χ2n) is 8.39. The van der Waals surface area contributed by atoms with Gasteiger partial charge in [0.05, 0.1) is 25.8 Å². The first-order valence-corrected chi connectivity index (χ1v) is 11.5. The number of urea groups is 1. The van der Waals surface area contributed by atoms with E-state index in [0.717, 1.165) is 42.5 Å². The first-order chi connectivity index (χ1) is 16.4. The quantitative estimate of drug-likeness (QED) is 0.612. The molecule has 1 atom stereocenters. The van der Waals surface area contributed by atoms with E-state index in [4.69, 9.17) is 21.1 Å². The third-order valence-electron chi connectivity index (χ3n) is 6.25. The lowest BCUT2D eigenvalue weighted by molar-refractivity contribution is -0.136. The van der Waals surface area contributed by atoms with Crippen LogP contribution in [0.1, 0.15) is 17.2 Å². The molecule has 0 saturated carbocycles. The maximum atomic E-state index is 12.8. The largest absolute Gasteiger partial charge is 0.497 e. The fraction of sp³-hybridized carbons (Fsp3) is 0.360. The Morgan fingerprint density at radius 3 is 2.59 bits per heavy atom. The Bertz CT molecular complexity index is 1110. The van der Waals surface area contributed by atoms with Gasteiger partial charge in [-0.25, -0.2) is 9.59 Å². The molecule has 2 N–H and O–H groups in total. The van der Waals surface area contributed by atoms with E-state index < -0.39 is 12.0 Å². The van der Waals surface area contributed by atoms with Gasteiger partial charge in [-0.1, -0.05) is 29.8 Å². The molecule has 1 fully saturated rings. The number of benzene rings is 2. The number of halogens is 1. The number of aryl methyl sites for hydroxylation is 1. The van der Waals surface area contributed by atoms with Gasteiger partial charge in [0.25, 0.3) is 0 Å². The highest BCUT2D eigenvalue weighted by Crippen LogP contribution is 2.30. The molecule has 2 heterocycles. The number of methoxy groups -OCH3 is 2. The SMILES string of the molecule is COC(=O)C1=C(CN2CCN(c3cc(Cl)ccc3C)CC2)NC(=O)N[C@@H]1c1cccc(OC)c1. The monoisotopic (exact) mass is 484 g/mol. The Morgan fingerprint density at radius 2 is 1.88 bits per heavy atom. The van der Waals surface area contributed by atoms with Crippen LogP contribution in [-0.4, -0.2) is 63.8 Å². The molecule has 2 aliphatic rings. The van der Waals surface area contributed by atoms with E-state index in [-0.39, 0.29) is 6.03 Å². The van der Waals surface area contributed by atoms with E-state index >= 15 is 0 Å². The van der Waals surface area contributed by atoms with Crippen LogP contribution in [0.5, 0.6) is 5.75 Å². The Morgan fingerprint density at radius 1 is 1.12 bits per heavy atom. The fourth-order valence-corrected chi connectivity index (χ4v) is 4.62. The summed E-state index contributed by atoms with van der Waals surface area (Å²) in [4.78, 5) is 29.9. The second-order valence-corrected chi connectivity index (χ2v) is 8.82. The van der Waals surface area contributed by atoms with E-state index in [1.165, 1.54) is 12.7 Å². The summed E-state index contributed by atoms with van der Waals surface area (Å²) >= 11 is 6.21. The zero-order valence-corrected chi connectivity index (χ0v) is 20.3. The van der Waals surface area contributed by atoms with Crippen molar-refractivity contribution < 1.29 is 19.1 Å². The summed E-state index contributed by atoms with van der Waals surface area (Å²) in [6.45, 7) is 5.69. The van der Waals surface area contributed by atoms with Gasteiger partial charge < -0.3 is 25.0 Å². The molecule has 34 heavy (non-hydrogen) atoms. The van der Waals surface area contributed by atoms with Gasteiger partial charge in [-0.3, -0.25) is 4.90 Å². The van der Waals surface area contributed by atoms with Gasteiger partial charge in [-0.15, -0.1) is 0 Å². The highest BCUT2D eigenvalue weighted by molar-refractivity contribution is 6.30. The molecule has 0 unspecified atom stereocenters. The minimum Gasteiger partial charge on any atom is -0.497 e. The average Bonchev–Trinajstić information content (AvgIpc) is 2.85. The van der Waals surface area contributed by atoms with Gasteiger partial charge in [-0.2, -0.15) is 0 Å². The van der Waals surface area contributed by atoms with E-state index in [1.54, 1.807) is 7.11 Å². The van der Waals surface area contributed by atoms with Crippen molar-refractivity contribution in [2.45, 2.75) is 13.0 Å². The third-order valence-corrected chi connectivity index (χ3v) is 6.49. The number of piperazine rings is 1. The fourth-order valence-electron chi connectivity index (χ4n) is 4.46.